The van der Waals surface area contributed by atoms with Crippen molar-refractivity contribution in [3.05, 3.63) is 51.8 Å². The van der Waals surface area contributed by atoms with Gasteiger partial charge in [0.05, 0.1) is 11.2 Å². The van der Waals surface area contributed by atoms with Gasteiger partial charge in [-0.3, -0.25) is 14.5 Å². The van der Waals surface area contributed by atoms with Crippen LogP contribution in [0.25, 0.3) is 11.1 Å². The Labute approximate surface area is 149 Å². The molecule has 2 aliphatic rings. The van der Waals surface area contributed by atoms with Crippen molar-refractivity contribution in [2.24, 2.45) is 0 Å². The van der Waals surface area contributed by atoms with Crippen molar-refractivity contribution >= 4 is 17.0 Å². The summed E-state index contributed by atoms with van der Waals surface area (Å²) >= 11 is 0. The molecule has 7 nitrogen and oxygen atoms in total. The van der Waals surface area contributed by atoms with Gasteiger partial charge in [-0.15, -0.1) is 0 Å². The normalized spacial score (nSPS) is 17.3. The molecule has 0 unspecified atom stereocenters. The third-order valence-electron chi connectivity index (χ3n) is 5.43. The lowest BCUT2D eigenvalue weighted by atomic mass is 10.1. The number of carbonyl (C=O) groups is 1. The molecule has 2 aromatic heterocycles. The largest absolute Gasteiger partial charge is 0.420 e. The molecule has 0 bridgehead atoms. The predicted octanol–water partition coefficient (Wildman–Crippen LogP) is 1.82. The lowest BCUT2D eigenvalue weighted by Crippen LogP contribution is -2.37. The van der Waals surface area contributed by atoms with E-state index in [2.05, 4.69) is 10.2 Å². The molecule has 0 radical (unpaired) electrons. The second kappa shape index (κ2) is 5.86. The first-order valence-electron chi connectivity index (χ1n) is 9.13. The number of H-pyrrole nitrogens is 1. The van der Waals surface area contributed by atoms with E-state index in [1.807, 2.05) is 17.0 Å². The zero-order chi connectivity index (χ0) is 17.7. The molecule has 1 amide bonds. The number of nitrogens with one attached hydrogen (secondary N) is 1. The Morgan fingerprint density at radius 2 is 2.04 bits per heavy atom. The van der Waals surface area contributed by atoms with Gasteiger partial charge in [-0.1, -0.05) is 12.1 Å². The number of nitrogens with zero attached hydrogens (tertiary/aromatic N) is 3. The number of hydrogen-bond acceptors (Lipinski definition) is 4. The van der Waals surface area contributed by atoms with E-state index in [-0.39, 0.29) is 12.5 Å². The average Bonchev–Trinajstić information content (AvgIpc) is 3.39. The maximum Gasteiger partial charge on any atom is 0.420 e. The van der Waals surface area contributed by atoms with E-state index in [4.69, 9.17) is 4.42 Å². The van der Waals surface area contributed by atoms with Crippen LogP contribution in [-0.4, -0.2) is 38.7 Å². The highest BCUT2D eigenvalue weighted by Crippen LogP contribution is 2.41. The molecule has 26 heavy (non-hydrogen) atoms. The summed E-state index contributed by atoms with van der Waals surface area (Å²) in [4.78, 5) is 26.8. The number of rotatable bonds is 3. The highest BCUT2D eigenvalue weighted by atomic mass is 16.4. The fourth-order valence-corrected chi connectivity index (χ4v) is 3.85. The van der Waals surface area contributed by atoms with Crippen molar-refractivity contribution in [1.82, 2.24) is 19.7 Å². The minimum atomic E-state index is -0.486. The zero-order valence-corrected chi connectivity index (χ0v) is 14.4. The molecule has 0 atom stereocenters. The highest BCUT2D eigenvalue weighted by Gasteiger charge is 2.31. The summed E-state index contributed by atoms with van der Waals surface area (Å²) in [6, 6.07) is 7.19. The van der Waals surface area contributed by atoms with Crippen LogP contribution in [0, 0.1) is 0 Å². The lowest BCUT2D eigenvalue weighted by molar-refractivity contribution is -0.131. The van der Waals surface area contributed by atoms with Crippen LogP contribution in [0.3, 0.4) is 0 Å². The number of oxazole rings is 1. The molecule has 1 aliphatic heterocycles. The number of fused-ring (bicyclic) bond motifs is 2. The lowest BCUT2D eigenvalue weighted by Gasteiger charge is -2.20. The molecule has 3 aromatic rings. The molecule has 0 spiro atoms. The monoisotopic (exact) mass is 352 g/mol. The topological polar surface area (TPSA) is 84.1 Å². The van der Waals surface area contributed by atoms with Crippen LogP contribution in [-0.2, 0) is 24.2 Å². The summed E-state index contributed by atoms with van der Waals surface area (Å²) in [6.07, 6.45) is 4.04. The Morgan fingerprint density at radius 3 is 2.88 bits per heavy atom. The number of carbonyl (C=O) groups excluding carboxylic acids is 1. The van der Waals surface area contributed by atoms with Crippen LogP contribution in [0.2, 0.25) is 0 Å². The third kappa shape index (κ3) is 2.55. The van der Waals surface area contributed by atoms with Gasteiger partial charge in [0.1, 0.15) is 6.54 Å². The summed E-state index contributed by atoms with van der Waals surface area (Å²) in [5, 5.41) is 7.66. The molecule has 7 heteroatoms. The smallest absolute Gasteiger partial charge is 0.408 e. The van der Waals surface area contributed by atoms with Gasteiger partial charge in [-0.25, -0.2) is 4.79 Å². The van der Waals surface area contributed by atoms with Crippen LogP contribution < -0.4 is 5.76 Å². The van der Waals surface area contributed by atoms with Crippen molar-refractivity contribution < 1.29 is 9.21 Å². The van der Waals surface area contributed by atoms with Gasteiger partial charge in [0, 0.05) is 31.1 Å². The Kier molecular flexibility index (Phi) is 3.48. The molecular weight excluding hydrogens is 332 g/mol. The summed E-state index contributed by atoms with van der Waals surface area (Å²) in [7, 11) is 0. The van der Waals surface area contributed by atoms with E-state index in [1.54, 1.807) is 12.1 Å². The molecule has 1 aliphatic carbocycles. The van der Waals surface area contributed by atoms with Gasteiger partial charge in [-0.05, 0) is 37.0 Å². The van der Waals surface area contributed by atoms with E-state index in [9.17, 15) is 9.59 Å². The Morgan fingerprint density at radius 1 is 1.23 bits per heavy atom. The highest BCUT2D eigenvalue weighted by molar-refractivity contribution is 5.79. The SMILES string of the molecule is O=C(Cn1c(=O)oc2ccccc21)N1CCc2[nH]nc(C3CC3)c2CC1. The molecule has 134 valence electrons. The molecule has 0 saturated heterocycles. The minimum absolute atomic E-state index is 0.0114. The van der Waals surface area contributed by atoms with E-state index in [1.165, 1.54) is 28.7 Å². The van der Waals surface area contributed by atoms with Crippen molar-refractivity contribution in [1.29, 1.82) is 0 Å². The summed E-state index contributed by atoms with van der Waals surface area (Å²) < 4.78 is 6.64. The molecule has 3 heterocycles. The van der Waals surface area contributed by atoms with Gasteiger partial charge in [-0.2, -0.15) is 5.10 Å². The second-order valence-corrected chi connectivity index (χ2v) is 7.14. The fraction of sp³-hybridized carbons (Fsp3) is 0.421. The standard InChI is InChI=1S/C19H20N4O3/c24-17(11-23-15-3-1-2-4-16(15)26-19(23)25)22-9-7-13-14(8-10-22)20-21-18(13)12-5-6-12/h1-4,12H,5-11H2,(H,20,21). The zero-order valence-electron chi connectivity index (χ0n) is 14.4. The number of hydrogen-bond donors (Lipinski definition) is 1. The van der Waals surface area contributed by atoms with Crippen molar-refractivity contribution in [3.8, 4) is 0 Å². The van der Waals surface area contributed by atoms with E-state index < -0.39 is 5.76 Å². The van der Waals surface area contributed by atoms with Crippen molar-refractivity contribution in [2.75, 3.05) is 13.1 Å². The first-order chi connectivity index (χ1) is 12.7. The summed E-state index contributed by atoms with van der Waals surface area (Å²) in [5.41, 5.74) is 4.83. The molecule has 1 aromatic carbocycles. The molecule has 1 N–H and O–H groups in total. The predicted molar refractivity (Wildman–Crippen MR) is 95.0 cm³/mol. The van der Waals surface area contributed by atoms with Gasteiger partial charge in [0.2, 0.25) is 5.91 Å². The Bertz CT molecular complexity index is 1040. The van der Waals surface area contributed by atoms with E-state index >= 15 is 0 Å². The van der Waals surface area contributed by atoms with Crippen LogP contribution >= 0.6 is 0 Å². The maximum absolute atomic E-state index is 12.8. The average molecular weight is 352 g/mol. The second-order valence-electron chi connectivity index (χ2n) is 7.14. The first kappa shape index (κ1) is 15.4. The maximum atomic E-state index is 12.8. The van der Waals surface area contributed by atoms with E-state index in [0.717, 1.165) is 18.5 Å². The van der Waals surface area contributed by atoms with Gasteiger partial charge in [0.25, 0.3) is 0 Å². The molecule has 5 rings (SSSR count). The number of para-hydroxylation sites is 2. The van der Waals surface area contributed by atoms with Crippen LogP contribution in [0.15, 0.2) is 33.5 Å². The number of benzene rings is 1. The van der Waals surface area contributed by atoms with Crippen LogP contribution in [0.4, 0.5) is 0 Å². The third-order valence-corrected chi connectivity index (χ3v) is 5.43. The quantitative estimate of drug-likeness (QED) is 0.779. The number of aromatic amines is 1. The Balaban J connectivity index is 1.35. The van der Waals surface area contributed by atoms with Crippen molar-refractivity contribution in [2.45, 2.75) is 38.1 Å². The molecule has 1 fully saturated rings. The summed E-state index contributed by atoms with van der Waals surface area (Å²) in [6.45, 7) is 1.32. The number of amides is 1. The van der Waals surface area contributed by atoms with Crippen LogP contribution in [0.5, 0.6) is 0 Å². The minimum Gasteiger partial charge on any atom is -0.408 e. The van der Waals surface area contributed by atoms with Crippen LogP contribution in [0.1, 0.15) is 35.7 Å². The fourth-order valence-electron chi connectivity index (χ4n) is 3.85. The van der Waals surface area contributed by atoms with Gasteiger partial charge >= 0.3 is 5.76 Å². The molecule has 1 saturated carbocycles. The number of aromatic nitrogens is 3. The van der Waals surface area contributed by atoms with Gasteiger partial charge < -0.3 is 9.32 Å². The summed E-state index contributed by atoms with van der Waals surface area (Å²) in [5.74, 6) is 0.0673. The molecular formula is C19H20N4O3. The van der Waals surface area contributed by atoms with Crippen molar-refractivity contribution in [3.63, 3.8) is 0 Å². The first-order valence-corrected chi connectivity index (χ1v) is 9.13. The van der Waals surface area contributed by atoms with E-state index in [0.29, 0.717) is 30.1 Å². The Hall–Kier alpha value is -2.83. The van der Waals surface area contributed by atoms with Gasteiger partial charge in [0.15, 0.2) is 5.58 Å².